The molecule has 0 unspecified atom stereocenters. The highest BCUT2D eigenvalue weighted by atomic mass is 16.5. The molecule has 2 heterocycles. The van der Waals surface area contributed by atoms with Crippen LogP contribution in [0.5, 0.6) is 0 Å². The largest absolute Gasteiger partial charge is 0.382 e. The maximum atomic E-state index is 5.84. The molecule has 0 spiro atoms. The van der Waals surface area contributed by atoms with Gasteiger partial charge < -0.3 is 15.0 Å². The lowest BCUT2D eigenvalue weighted by Gasteiger charge is -2.36. The molecule has 0 bridgehead atoms. The molecular weight excluding hydrogens is 302 g/mol. The number of nitrogens with zero attached hydrogens (tertiary/aromatic N) is 4. The number of benzene rings is 1. The Hall–Kier alpha value is -2.47. The van der Waals surface area contributed by atoms with Gasteiger partial charge in [0.05, 0.1) is 12.9 Å². The van der Waals surface area contributed by atoms with Gasteiger partial charge in [-0.15, -0.1) is 0 Å². The third kappa shape index (κ3) is 2.97. The van der Waals surface area contributed by atoms with Crippen molar-refractivity contribution in [3.8, 4) is 0 Å². The van der Waals surface area contributed by atoms with E-state index >= 15 is 0 Å². The van der Waals surface area contributed by atoms with Crippen LogP contribution in [0.2, 0.25) is 0 Å². The quantitative estimate of drug-likeness (QED) is 0.706. The van der Waals surface area contributed by atoms with E-state index in [1.807, 2.05) is 24.5 Å². The van der Waals surface area contributed by atoms with Crippen molar-refractivity contribution in [2.45, 2.75) is 31.9 Å². The lowest BCUT2D eigenvalue weighted by Crippen LogP contribution is -2.27. The van der Waals surface area contributed by atoms with E-state index in [9.17, 15) is 0 Å². The van der Waals surface area contributed by atoms with Gasteiger partial charge in [-0.2, -0.15) is 0 Å². The Morgan fingerprint density at radius 2 is 1.96 bits per heavy atom. The number of hydrogen-bond donors (Lipinski definition) is 1. The first-order chi connectivity index (χ1) is 11.8. The summed E-state index contributed by atoms with van der Waals surface area (Å²) in [5.74, 6) is 1.16. The molecule has 6 heteroatoms. The fraction of sp³-hybridized carbons (Fsp3) is 0.389. The summed E-state index contributed by atoms with van der Waals surface area (Å²) in [6.07, 6.45) is 6.73. The molecule has 0 radical (unpaired) electrons. The number of anilines is 1. The van der Waals surface area contributed by atoms with E-state index in [0.29, 0.717) is 29.9 Å². The molecule has 2 aromatic heterocycles. The minimum Gasteiger partial charge on any atom is -0.382 e. The van der Waals surface area contributed by atoms with Crippen molar-refractivity contribution in [1.82, 2.24) is 19.5 Å². The number of rotatable bonds is 6. The van der Waals surface area contributed by atoms with Gasteiger partial charge in [0.2, 0.25) is 0 Å². The number of ether oxygens (including phenoxy) is 1. The van der Waals surface area contributed by atoms with Crippen molar-refractivity contribution in [3.63, 3.8) is 0 Å². The predicted octanol–water partition coefficient (Wildman–Crippen LogP) is 2.97. The molecule has 1 saturated carbocycles. The van der Waals surface area contributed by atoms with Crippen molar-refractivity contribution < 1.29 is 4.74 Å². The molecule has 0 amide bonds. The zero-order valence-electron chi connectivity index (χ0n) is 13.5. The number of hydrogen-bond acceptors (Lipinski definition) is 5. The Kier molecular flexibility index (Phi) is 4.13. The smallest absolute Gasteiger partial charge is 0.165 e. The molecule has 6 nitrogen and oxygen atoms in total. The molecule has 1 aromatic carbocycles. The molecule has 1 aliphatic rings. The van der Waals surface area contributed by atoms with Crippen LogP contribution in [0.15, 0.2) is 43.0 Å². The maximum Gasteiger partial charge on any atom is 0.165 e. The molecular formula is C18H21N5O. The van der Waals surface area contributed by atoms with Gasteiger partial charge in [-0.05, 0) is 30.7 Å². The number of nitrogen functional groups attached to an aromatic ring is 1. The van der Waals surface area contributed by atoms with E-state index in [-0.39, 0.29) is 0 Å². The van der Waals surface area contributed by atoms with Crippen LogP contribution in [0.25, 0.3) is 11.2 Å². The van der Waals surface area contributed by atoms with Gasteiger partial charge in [0.25, 0.3) is 0 Å². The van der Waals surface area contributed by atoms with E-state index in [4.69, 9.17) is 10.5 Å². The lowest BCUT2D eigenvalue weighted by molar-refractivity contribution is 0.0812. The van der Waals surface area contributed by atoms with Gasteiger partial charge in [-0.3, -0.25) is 0 Å². The van der Waals surface area contributed by atoms with Gasteiger partial charge in [0.15, 0.2) is 11.5 Å². The summed E-state index contributed by atoms with van der Waals surface area (Å²) in [5, 5.41) is 0. The summed E-state index contributed by atoms with van der Waals surface area (Å²) >= 11 is 0. The van der Waals surface area contributed by atoms with E-state index in [2.05, 4.69) is 31.7 Å². The molecule has 1 fully saturated rings. The Bertz CT molecular complexity index is 811. The monoisotopic (exact) mass is 323 g/mol. The first-order valence-corrected chi connectivity index (χ1v) is 8.36. The summed E-state index contributed by atoms with van der Waals surface area (Å²) in [5.41, 5.74) is 8.61. The van der Waals surface area contributed by atoms with Gasteiger partial charge in [0, 0.05) is 12.6 Å². The Balaban J connectivity index is 1.25. The molecule has 1 aliphatic carbocycles. The fourth-order valence-electron chi connectivity index (χ4n) is 3.31. The van der Waals surface area contributed by atoms with Crippen LogP contribution in [-0.4, -0.2) is 26.1 Å². The normalized spacial score (nSPS) is 20.2. The van der Waals surface area contributed by atoms with Crippen molar-refractivity contribution >= 4 is 17.0 Å². The zero-order valence-corrected chi connectivity index (χ0v) is 13.5. The molecule has 0 saturated heterocycles. The summed E-state index contributed by atoms with van der Waals surface area (Å²) < 4.78 is 7.92. The highest BCUT2D eigenvalue weighted by Gasteiger charge is 2.31. The minimum atomic E-state index is 0.448. The standard InChI is InChI=1S/C18H21N5O/c19-17-16-18(21-11-20-17)23(12-22-16)15-8-14(9-15)6-7-24-10-13-4-2-1-3-5-13/h1-5,11-12,14-15H,6-10H2,(H2,19,20,21)/t14-,15+. The summed E-state index contributed by atoms with van der Waals surface area (Å²) in [4.78, 5) is 12.7. The van der Waals surface area contributed by atoms with Crippen LogP contribution in [0.1, 0.15) is 30.9 Å². The van der Waals surface area contributed by atoms with E-state index in [0.717, 1.165) is 31.5 Å². The second-order valence-corrected chi connectivity index (χ2v) is 6.40. The van der Waals surface area contributed by atoms with E-state index < -0.39 is 0 Å². The number of imidazole rings is 1. The number of aromatic nitrogens is 4. The highest BCUT2D eigenvalue weighted by Crippen LogP contribution is 2.41. The van der Waals surface area contributed by atoms with E-state index in [1.165, 1.54) is 11.9 Å². The zero-order chi connectivity index (χ0) is 16.4. The van der Waals surface area contributed by atoms with Gasteiger partial charge >= 0.3 is 0 Å². The molecule has 0 atom stereocenters. The topological polar surface area (TPSA) is 78.9 Å². The first-order valence-electron chi connectivity index (χ1n) is 8.36. The number of nitrogens with two attached hydrogens (primary N) is 1. The Morgan fingerprint density at radius 1 is 1.12 bits per heavy atom. The van der Waals surface area contributed by atoms with Crippen molar-refractivity contribution in [3.05, 3.63) is 48.5 Å². The van der Waals surface area contributed by atoms with Crippen LogP contribution < -0.4 is 5.73 Å². The summed E-state index contributed by atoms with van der Waals surface area (Å²) in [6, 6.07) is 10.8. The van der Waals surface area contributed by atoms with Gasteiger partial charge in [0.1, 0.15) is 11.8 Å². The molecule has 0 aliphatic heterocycles. The first kappa shape index (κ1) is 15.1. The van der Waals surface area contributed by atoms with Gasteiger partial charge in [-0.1, -0.05) is 30.3 Å². The average molecular weight is 323 g/mol. The van der Waals surface area contributed by atoms with Crippen LogP contribution in [0, 0.1) is 5.92 Å². The molecule has 4 rings (SSSR count). The maximum absolute atomic E-state index is 5.84. The molecule has 24 heavy (non-hydrogen) atoms. The third-order valence-electron chi connectivity index (χ3n) is 4.77. The average Bonchev–Trinajstić information content (AvgIpc) is 2.99. The van der Waals surface area contributed by atoms with Gasteiger partial charge in [-0.25, -0.2) is 15.0 Å². The third-order valence-corrected chi connectivity index (χ3v) is 4.77. The predicted molar refractivity (Wildman–Crippen MR) is 92.2 cm³/mol. The summed E-state index contributed by atoms with van der Waals surface area (Å²) in [6.45, 7) is 1.51. The Morgan fingerprint density at radius 3 is 2.79 bits per heavy atom. The van der Waals surface area contributed by atoms with Crippen LogP contribution >= 0.6 is 0 Å². The summed E-state index contributed by atoms with van der Waals surface area (Å²) in [7, 11) is 0. The minimum absolute atomic E-state index is 0.448. The SMILES string of the molecule is Nc1ncnc2c1ncn2[C@H]1C[C@@H](CCOCc2ccccc2)C1. The Labute approximate surface area is 140 Å². The van der Waals surface area contributed by atoms with Crippen LogP contribution in [0.4, 0.5) is 5.82 Å². The second kappa shape index (κ2) is 6.57. The molecule has 124 valence electrons. The fourth-order valence-corrected chi connectivity index (χ4v) is 3.31. The highest BCUT2D eigenvalue weighted by molar-refractivity contribution is 5.81. The van der Waals surface area contributed by atoms with Crippen molar-refractivity contribution in [1.29, 1.82) is 0 Å². The second-order valence-electron chi connectivity index (χ2n) is 6.40. The number of fused-ring (bicyclic) bond motifs is 1. The van der Waals surface area contributed by atoms with Crippen molar-refractivity contribution in [2.24, 2.45) is 5.92 Å². The lowest BCUT2D eigenvalue weighted by atomic mass is 9.78. The van der Waals surface area contributed by atoms with Crippen LogP contribution in [-0.2, 0) is 11.3 Å². The molecule has 3 aromatic rings. The molecule has 2 N–H and O–H groups in total. The van der Waals surface area contributed by atoms with E-state index in [1.54, 1.807) is 0 Å². The van der Waals surface area contributed by atoms with Crippen molar-refractivity contribution in [2.75, 3.05) is 12.3 Å². The van der Waals surface area contributed by atoms with Crippen LogP contribution in [0.3, 0.4) is 0 Å².